The molecule has 0 amide bonds. The summed E-state index contributed by atoms with van der Waals surface area (Å²) in [6.07, 6.45) is 13.2. The van der Waals surface area contributed by atoms with E-state index in [1.165, 1.54) is 63.1 Å². The number of hydrogen-bond donors (Lipinski definition) is 0. The third-order valence-electron chi connectivity index (χ3n) is 5.45. The fourth-order valence-corrected chi connectivity index (χ4v) is 3.89. The van der Waals surface area contributed by atoms with Gasteiger partial charge in [-0.05, 0) is 56.0 Å². The largest absolute Gasteiger partial charge is 0.426 e. The maximum absolute atomic E-state index is 13.8. The highest BCUT2D eigenvalue weighted by atomic mass is 32.1. The number of unbranched alkanes of at least 4 members (excludes halogenated alkanes) is 5. The molecule has 1 aromatic carbocycles. The number of rotatable bonds is 10. The summed E-state index contributed by atoms with van der Waals surface area (Å²) in [7, 11) is 0. The topological polar surface area (TPSA) is 38.7 Å². The molecular formula is C22H30FNO2S. The Morgan fingerprint density at radius 3 is 2.56 bits per heavy atom. The van der Waals surface area contributed by atoms with Crippen molar-refractivity contribution < 1.29 is 13.9 Å². The van der Waals surface area contributed by atoms with Crippen molar-refractivity contribution in [3.05, 3.63) is 24.0 Å². The summed E-state index contributed by atoms with van der Waals surface area (Å²) in [6.45, 7) is 2.24. The molecule has 27 heavy (non-hydrogen) atoms. The predicted molar refractivity (Wildman–Crippen MR) is 110 cm³/mol. The quantitative estimate of drug-likeness (QED) is 0.141. The lowest BCUT2D eigenvalue weighted by molar-refractivity contribution is -0.140. The van der Waals surface area contributed by atoms with Gasteiger partial charge >= 0.3 is 5.97 Å². The van der Waals surface area contributed by atoms with Gasteiger partial charge in [0.15, 0.2) is 5.82 Å². The molecule has 1 aromatic rings. The first kappa shape index (κ1) is 21.7. The predicted octanol–water partition coefficient (Wildman–Crippen LogP) is 7.02. The summed E-state index contributed by atoms with van der Waals surface area (Å²) >= 11 is 4.47. The van der Waals surface area contributed by atoms with Crippen LogP contribution in [0.25, 0.3) is 0 Å². The number of esters is 1. The van der Waals surface area contributed by atoms with Crippen molar-refractivity contribution in [1.82, 2.24) is 0 Å². The Morgan fingerprint density at radius 1 is 1.19 bits per heavy atom. The minimum Gasteiger partial charge on any atom is -0.426 e. The molecule has 1 saturated carbocycles. The average Bonchev–Trinajstić information content (AvgIpc) is 2.67. The van der Waals surface area contributed by atoms with Crippen LogP contribution >= 0.6 is 12.2 Å². The van der Waals surface area contributed by atoms with Gasteiger partial charge in [-0.2, -0.15) is 4.99 Å². The molecule has 2 rings (SSSR count). The first-order valence-electron chi connectivity index (χ1n) is 10.2. The van der Waals surface area contributed by atoms with Crippen molar-refractivity contribution >= 4 is 29.0 Å². The van der Waals surface area contributed by atoms with Gasteiger partial charge < -0.3 is 4.74 Å². The van der Waals surface area contributed by atoms with Gasteiger partial charge in [0.25, 0.3) is 0 Å². The zero-order chi connectivity index (χ0) is 19.5. The molecule has 0 aromatic heterocycles. The minimum atomic E-state index is -0.569. The highest BCUT2D eigenvalue weighted by Gasteiger charge is 2.27. The molecule has 0 heterocycles. The van der Waals surface area contributed by atoms with Crippen LogP contribution < -0.4 is 4.74 Å². The van der Waals surface area contributed by atoms with E-state index in [1.54, 1.807) is 0 Å². The number of nitrogens with zero attached hydrogens (tertiary/aromatic N) is 1. The van der Waals surface area contributed by atoms with Gasteiger partial charge in [0, 0.05) is 6.07 Å². The Bertz CT molecular complexity index is 650. The number of carbonyl (C=O) groups excluding carboxylic acids is 1. The molecule has 3 nitrogen and oxygen atoms in total. The van der Waals surface area contributed by atoms with Crippen molar-refractivity contribution in [2.24, 2.45) is 16.8 Å². The second-order valence-electron chi connectivity index (χ2n) is 7.51. The first-order valence-corrected chi connectivity index (χ1v) is 10.6. The first-order chi connectivity index (χ1) is 13.1. The SMILES string of the molecule is CCCCCCCCC1CCC(C(=O)Oc2ccc(N=C=S)c(F)c2)CC1. The lowest BCUT2D eigenvalue weighted by atomic mass is 9.80. The molecule has 148 valence electrons. The van der Waals surface area contributed by atoms with Gasteiger partial charge in [-0.25, -0.2) is 4.39 Å². The van der Waals surface area contributed by atoms with Gasteiger partial charge in [0.2, 0.25) is 0 Å². The number of isothiocyanates is 1. The number of carbonyl (C=O) groups is 1. The minimum absolute atomic E-state index is 0.0764. The monoisotopic (exact) mass is 391 g/mol. The number of hydrogen-bond acceptors (Lipinski definition) is 4. The van der Waals surface area contributed by atoms with Gasteiger partial charge in [-0.15, -0.1) is 0 Å². The number of halogens is 1. The van der Waals surface area contributed by atoms with E-state index in [4.69, 9.17) is 4.74 Å². The van der Waals surface area contributed by atoms with Gasteiger partial charge in [-0.3, -0.25) is 4.79 Å². The average molecular weight is 392 g/mol. The van der Waals surface area contributed by atoms with Crippen LogP contribution in [0.15, 0.2) is 23.2 Å². The zero-order valence-electron chi connectivity index (χ0n) is 16.2. The van der Waals surface area contributed by atoms with Crippen LogP contribution in [0, 0.1) is 17.7 Å². The molecule has 0 N–H and O–H groups in total. The standard InChI is InChI=1S/C22H30FNO2S/c1-2-3-4-5-6-7-8-17-9-11-18(12-10-17)22(25)26-19-13-14-21(24-16-27)20(23)15-19/h13-15,17-18H,2-12H2,1H3. The van der Waals surface area contributed by atoms with Crippen LogP contribution in [0.3, 0.4) is 0 Å². The smallest absolute Gasteiger partial charge is 0.314 e. The summed E-state index contributed by atoms with van der Waals surface area (Å²) in [5.74, 6) is 0.0609. The summed E-state index contributed by atoms with van der Waals surface area (Å²) in [4.78, 5) is 16.0. The van der Waals surface area contributed by atoms with E-state index in [9.17, 15) is 9.18 Å². The van der Waals surface area contributed by atoms with Gasteiger partial charge in [0.05, 0.1) is 11.1 Å². The van der Waals surface area contributed by atoms with Crippen molar-refractivity contribution in [1.29, 1.82) is 0 Å². The molecule has 0 radical (unpaired) electrons. The molecule has 1 aliphatic rings. The summed E-state index contributed by atoms with van der Waals surface area (Å²) in [5.41, 5.74) is 0.0972. The molecule has 1 aliphatic carbocycles. The van der Waals surface area contributed by atoms with Crippen LogP contribution in [-0.2, 0) is 4.79 Å². The van der Waals surface area contributed by atoms with Crippen LogP contribution in [0.2, 0.25) is 0 Å². The highest BCUT2D eigenvalue weighted by molar-refractivity contribution is 7.78. The van der Waals surface area contributed by atoms with Gasteiger partial charge in [0.1, 0.15) is 11.4 Å². The Balaban J connectivity index is 1.70. The fraction of sp³-hybridized carbons (Fsp3) is 0.636. The van der Waals surface area contributed by atoms with Crippen LogP contribution in [0.1, 0.15) is 77.6 Å². The van der Waals surface area contributed by atoms with E-state index in [0.29, 0.717) is 0 Å². The van der Waals surface area contributed by atoms with Crippen molar-refractivity contribution in [3.8, 4) is 5.75 Å². The van der Waals surface area contributed by atoms with E-state index in [0.717, 1.165) is 31.6 Å². The van der Waals surface area contributed by atoms with Crippen LogP contribution in [0.5, 0.6) is 5.75 Å². The molecule has 0 bridgehead atoms. The van der Waals surface area contributed by atoms with Gasteiger partial charge in [-0.1, -0.05) is 51.9 Å². The lowest BCUT2D eigenvalue weighted by Crippen LogP contribution is -2.25. The maximum atomic E-state index is 13.8. The Hall–Kier alpha value is -1.58. The zero-order valence-corrected chi connectivity index (χ0v) is 17.0. The van der Waals surface area contributed by atoms with E-state index >= 15 is 0 Å². The summed E-state index contributed by atoms with van der Waals surface area (Å²) < 4.78 is 19.2. The molecule has 0 saturated heterocycles. The van der Waals surface area contributed by atoms with E-state index in [2.05, 4.69) is 29.3 Å². The second kappa shape index (κ2) is 12.0. The summed E-state index contributed by atoms with van der Waals surface area (Å²) in [6, 6.07) is 4.15. The van der Waals surface area contributed by atoms with Crippen LogP contribution in [0.4, 0.5) is 10.1 Å². The van der Waals surface area contributed by atoms with Crippen LogP contribution in [-0.4, -0.2) is 11.1 Å². The van der Waals surface area contributed by atoms with Crippen molar-refractivity contribution in [2.75, 3.05) is 0 Å². The molecule has 0 aliphatic heterocycles. The molecule has 1 fully saturated rings. The summed E-state index contributed by atoms with van der Waals surface area (Å²) in [5, 5.41) is 2.13. The number of aliphatic imine (C=N–C) groups is 1. The van der Waals surface area contributed by atoms with E-state index < -0.39 is 5.82 Å². The third-order valence-corrected chi connectivity index (χ3v) is 5.54. The number of thiocarbonyl (C=S) groups is 1. The number of ether oxygens (including phenoxy) is 1. The lowest BCUT2D eigenvalue weighted by Gasteiger charge is -2.27. The van der Waals surface area contributed by atoms with Crippen molar-refractivity contribution in [2.45, 2.75) is 77.6 Å². The second-order valence-corrected chi connectivity index (χ2v) is 7.69. The normalized spacial score (nSPS) is 19.3. The molecule has 0 atom stereocenters. The number of benzene rings is 1. The molecular weight excluding hydrogens is 361 g/mol. The Kier molecular flexibility index (Phi) is 9.65. The highest BCUT2D eigenvalue weighted by Crippen LogP contribution is 2.33. The molecule has 0 spiro atoms. The van der Waals surface area contributed by atoms with E-state index in [1.807, 2.05) is 0 Å². The maximum Gasteiger partial charge on any atom is 0.314 e. The van der Waals surface area contributed by atoms with Crippen molar-refractivity contribution in [3.63, 3.8) is 0 Å². The molecule has 5 heteroatoms. The third kappa shape index (κ3) is 7.51. The Morgan fingerprint density at radius 2 is 1.89 bits per heavy atom. The Labute approximate surface area is 167 Å². The van der Waals surface area contributed by atoms with E-state index in [-0.39, 0.29) is 23.3 Å². The molecule has 0 unspecified atom stereocenters. The fourth-order valence-electron chi connectivity index (χ4n) is 3.79.